The summed E-state index contributed by atoms with van der Waals surface area (Å²) in [5, 5.41) is 4.74. The molecular weight excluding hydrogens is 396 g/mol. The van der Waals surface area contributed by atoms with Crippen molar-refractivity contribution in [3.05, 3.63) is 40.8 Å². The summed E-state index contributed by atoms with van der Waals surface area (Å²) < 4.78 is 2.04. The van der Waals surface area contributed by atoms with E-state index in [1.54, 1.807) is 5.57 Å². The number of carbonyl (C=O) groups is 1. The SMILES string of the molecule is C=C(C)Cc1c(C)nn(CCC(=O)N2CCCC3=C[C@H]4C[C@@H](CN5CCCC[C@@H]45)[C@H]32)c1C. The second-order valence-corrected chi connectivity index (χ2v) is 10.9. The number of amides is 1. The molecule has 1 aliphatic carbocycles. The normalized spacial score (nSPS) is 29.8. The van der Waals surface area contributed by atoms with Crippen LogP contribution in [0.3, 0.4) is 0 Å². The van der Waals surface area contributed by atoms with E-state index in [0.29, 0.717) is 30.8 Å². The van der Waals surface area contributed by atoms with Crippen LogP contribution in [0.5, 0.6) is 0 Å². The van der Waals surface area contributed by atoms with Crippen molar-refractivity contribution >= 4 is 5.91 Å². The molecule has 0 aromatic carbocycles. The average molecular weight is 437 g/mol. The first-order chi connectivity index (χ1) is 15.4. The number of aryl methyl sites for hydroxylation is 2. The van der Waals surface area contributed by atoms with Gasteiger partial charge in [-0.2, -0.15) is 5.10 Å². The van der Waals surface area contributed by atoms with Crippen molar-refractivity contribution in [2.24, 2.45) is 11.8 Å². The zero-order valence-corrected chi connectivity index (χ0v) is 20.3. The second-order valence-electron chi connectivity index (χ2n) is 10.9. The van der Waals surface area contributed by atoms with Crippen LogP contribution in [-0.2, 0) is 17.8 Å². The number of carbonyl (C=O) groups excluding carboxylic acids is 1. The van der Waals surface area contributed by atoms with E-state index in [9.17, 15) is 4.79 Å². The lowest BCUT2D eigenvalue weighted by Crippen LogP contribution is -2.60. The first kappa shape index (κ1) is 21.9. The van der Waals surface area contributed by atoms with Crippen molar-refractivity contribution in [1.82, 2.24) is 19.6 Å². The Balaban J connectivity index is 1.30. The fourth-order valence-corrected chi connectivity index (χ4v) is 7.11. The molecule has 174 valence electrons. The lowest BCUT2D eigenvalue weighted by Gasteiger charge is -2.54. The summed E-state index contributed by atoms with van der Waals surface area (Å²) in [5.74, 6) is 1.65. The molecular formula is C27H40N4O. The van der Waals surface area contributed by atoms with Gasteiger partial charge in [0.1, 0.15) is 0 Å². The number of hydrogen-bond acceptors (Lipinski definition) is 3. The van der Waals surface area contributed by atoms with Gasteiger partial charge in [0, 0.05) is 37.8 Å². The standard InChI is InChI=1S/C27H40N4O/c1-18(2)14-24-19(3)28-31(20(24)4)13-10-26(32)30-12-7-8-21-15-22-16-23(27(21)30)17-29-11-6-5-9-25(22)29/h15,22-23,25,27H,1,5-14,16-17H2,2-4H3/t22-,23-,25-,27-/m0/s1. The molecule has 32 heavy (non-hydrogen) atoms. The number of rotatable bonds is 5. The summed E-state index contributed by atoms with van der Waals surface area (Å²) in [4.78, 5) is 18.5. The van der Waals surface area contributed by atoms with Gasteiger partial charge in [0.25, 0.3) is 0 Å². The molecule has 1 aromatic rings. The molecule has 0 saturated carbocycles. The summed E-state index contributed by atoms with van der Waals surface area (Å²) in [7, 11) is 0. The maximum absolute atomic E-state index is 13.5. The minimum atomic E-state index is 0.314. The molecule has 5 rings (SSSR count). The van der Waals surface area contributed by atoms with E-state index in [2.05, 4.69) is 43.2 Å². The Morgan fingerprint density at radius 1 is 1.22 bits per heavy atom. The number of nitrogens with zero attached hydrogens (tertiary/aromatic N) is 4. The second kappa shape index (κ2) is 8.81. The van der Waals surface area contributed by atoms with E-state index >= 15 is 0 Å². The third-order valence-corrected chi connectivity index (χ3v) is 8.52. The highest BCUT2D eigenvalue weighted by Crippen LogP contribution is 2.45. The highest BCUT2D eigenvalue weighted by Gasteiger charge is 2.46. The molecule has 0 unspecified atom stereocenters. The zero-order valence-electron chi connectivity index (χ0n) is 20.3. The van der Waals surface area contributed by atoms with Crippen LogP contribution in [0.15, 0.2) is 23.8 Å². The highest BCUT2D eigenvalue weighted by atomic mass is 16.2. The zero-order chi connectivity index (χ0) is 22.4. The van der Waals surface area contributed by atoms with Crippen molar-refractivity contribution in [3.8, 4) is 0 Å². The van der Waals surface area contributed by atoms with Crippen molar-refractivity contribution in [1.29, 1.82) is 0 Å². The maximum atomic E-state index is 13.5. The number of hydrogen-bond donors (Lipinski definition) is 0. The number of fused-ring (bicyclic) bond motifs is 6. The Morgan fingerprint density at radius 3 is 2.88 bits per heavy atom. The predicted octanol–water partition coefficient (Wildman–Crippen LogP) is 4.43. The van der Waals surface area contributed by atoms with Crippen molar-refractivity contribution in [3.63, 3.8) is 0 Å². The van der Waals surface area contributed by atoms with Crippen molar-refractivity contribution < 1.29 is 4.79 Å². The van der Waals surface area contributed by atoms with Gasteiger partial charge in [0.2, 0.25) is 5.91 Å². The van der Waals surface area contributed by atoms with Crippen LogP contribution < -0.4 is 0 Å². The topological polar surface area (TPSA) is 41.4 Å². The molecule has 1 amide bonds. The molecule has 3 saturated heterocycles. The van der Waals surface area contributed by atoms with Crippen LogP contribution in [0.25, 0.3) is 0 Å². The molecule has 5 heteroatoms. The predicted molar refractivity (Wildman–Crippen MR) is 128 cm³/mol. The lowest BCUT2D eigenvalue weighted by molar-refractivity contribution is -0.136. The minimum Gasteiger partial charge on any atom is -0.336 e. The van der Waals surface area contributed by atoms with E-state index in [1.165, 1.54) is 56.5 Å². The van der Waals surface area contributed by atoms with E-state index in [-0.39, 0.29) is 0 Å². The molecule has 0 N–H and O–H groups in total. The molecule has 5 nitrogen and oxygen atoms in total. The smallest absolute Gasteiger partial charge is 0.224 e. The monoisotopic (exact) mass is 436 g/mol. The van der Waals surface area contributed by atoms with Gasteiger partial charge in [-0.25, -0.2) is 0 Å². The fourth-order valence-electron chi connectivity index (χ4n) is 7.11. The Kier molecular flexibility index (Phi) is 6.04. The number of likely N-dealkylation sites (tertiary alicyclic amines) is 1. The Hall–Kier alpha value is -1.88. The van der Waals surface area contributed by atoms with Crippen LogP contribution >= 0.6 is 0 Å². The van der Waals surface area contributed by atoms with Gasteiger partial charge in [-0.05, 0) is 83.2 Å². The van der Waals surface area contributed by atoms with Crippen molar-refractivity contribution in [2.45, 2.75) is 90.8 Å². The van der Waals surface area contributed by atoms with E-state index in [4.69, 9.17) is 5.10 Å². The van der Waals surface area contributed by atoms with E-state index < -0.39 is 0 Å². The molecule has 3 fully saturated rings. The van der Waals surface area contributed by atoms with Gasteiger partial charge in [-0.1, -0.05) is 30.2 Å². The van der Waals surface area contributed by atoms with Crippen LogP contribution in [0.2, 0.25) is 0 Å². The van der Waals surface area contributed by atoms with Gasteiger partial charge in [0.05, 0.1) is 11.7 Å². The average Bonchev–Trinajstić information content (AvgIpc) is 3.04. The Morgan fingerprint density at radius 2 is 2.06 bits per heavy atom. The van der Waals surface area contributed by atoms with Gasteiger partial charge < -0.3 is 4.90 Å². The van der Waals surface area contributed by atoms with Crippen LogP contribution in [0.4, 0.5) is 0 Å². The van der Waals surface area contributed by atoms with Gasteiger partial charge in [0.15, 0.2) is 0 Å². The van der Waals surface area contributed by atoms with E-state index in [1.807, 2.05) is 4.68 Å². The summed E-state index contributed by atoms with van der Waals surface area (Å²) in [5.41, 5.74) is 6.24. The van der Waals surface area contributed by atoms with Crippen LogP contribution in [-0.4, -0.2) is 57.2 Å². The highest BCUT2D eigenvalue weighted by molar-refractivity contribution is 5.77. The third-order valence-electron chi connectivity index (χ3n) is 8.52. The van der Waals surface area contributed by atoms with Gasteiger partial charge in [-0.3, -0.25) is 14.4 Å². The number of piperidine rings is 3. The number of allylic oxidation sites excluding steroid dienone is 1. The molecule has 1 aromatic heterocycles. The first-order valence-electron chi connectivity index (χ1n) is 12.8. The summed E-state index contributed by atoms with van der Waals surface area (Å²) in [6, 6.07) is 1.11. The third kappa shape index (κ3) is 3.98. The summed E-state index contributed by atoms with van der Waals surface area (Å²) in [6.45, 7) is 14.4. The van der Waals surface area contributed by atoms with Crippen LogP contribution in [0, 0.1) is 25.7 Å². The largest absolute Gasteiger partial charge is 0.336 e. The Bertz CT molecular complexity index is 928. The van der Waals surface area contributed by atoms with E-state index in [0.717, 1.165) is 42.6 Å². The molecule has 0 spiro atoms. The Labute approximate surface area is 193 Å². The molecule has 4 heterocycles. The molecule has 0 radical (unpaired) electrons. The molecule has 4 aliphatic rings. The quantitative estimate of drug-likeness (QED) is 0.641. The first-order valence-corrected chi connectivity index (χ1v) is 12.8. The van der Waals surface area contributed by atoms with Gasteiger partial charge in [-0.15, -0.1) is 0 Å². The molecule has 4 atom stereocenters. The summed E-state index contributed by atoms with van der Waals surface area (Å²) in [6.07, 6.45) is 11.7. The number of aromatic nitrogens is 2. The molecule has 2 bridgehead atoms. The van der Waals surface area contributed by atoms with Crippen LogP contribution in [0.1, 0.15) is 68.8 Å². The lowest BCUT2D eigenvalue weighted by atomic mass is 9.68. The molecule has 3 aliphatic heterocycles. The summed E-state index contributed by atoms with van der Waals surface area (Å²) >= 11 is 0. The van der Waals surface area contributed by atoms with Crippen molar-refractivity contribution in [2.75, 3.05) is 19.6 Å². The fraction of sp³-hybridized carbons (Fsp3) is 0.704. The van der Waals surface area contributed by atoms with Gasteiger partial charge >= 0.3 is 0 Å². The maximum Gasteiger partial charge on any atom is 0.224 e. The minimum absolute atomic E-state index is 0.314.